The Kier molecular flexibility index (Phi) is 6.71. The number of nitrogens with one attached hydrogen (secondary N) is 1. The van der Waals surface area contributed by atoms with Crippen molar-refractivity contribution < 1.29 is 14.3 Å². The summed E-state index contributed by atoms with van der Waals surface area (Å²) in [6.45, 7) is 4.38. The van der Waals surface area contributed by atoms with Crippen molar-refractivity contribution in [3.8, 4) is 17.6 Å². The molecule has 0 aromatic heterocycles. The third kappa shape index (κ3) is 5.38. The summed E-state index contributed by atoms with van der Waals surface area (Å²) in [6.07, 6.45) is 0. The van der Waals surface area contributed by atoms with Gasteiger partial charge in [0.1, 0.15) is 18.1 Å². The van der Waals surface area contributed by atoms with Crippen LogP contribution in [-0.4, -0.2) is 62.3 Å². The summed E-state index contributed by atoms with van der Waals surface area (Å²) in [5.74, 6) is 1.63. The molecule has 0 aliphatic carbocycles. The van der Waals surface area contributed by atoms with Gasteiger partial charge in [-0.25, -0.2) is 4.79 Å². The van der Waals surface area contributed by atoms with Gasteiger partial charge >= 0.3 is 6.03 Å². The molecule has 1 fully saturated rings. The van der Waals surface area contributed by atoms with E-state index in [1.54, 1.807) is 36.3 Å². The highest BCUT2D eigenvalue weighted by atomic mass is 16.5. The number of carbonyl (C=O) groups is 1. The molecule has 7 nitrogen and oxygen atoms in total. The highest BCUT2D eigenvalue weighted by Gasteiger charge is 2.21. The molecular formula is C21H24N4O3. The molecule has 0 saturated carbocycles. The van der Waals surface area contributed by atoms with Crippen LogP contribution in [0.3, 0.4) is 0 Å². The number of nitrogens with zero attached hydrogens (tertiary/aromatic N) is 3. The molecule has 2 aromatic carbocycles. The van der Waals surface area contributed by atoms with E-state index < -0.39 is 0 Å². The fraction of sp³-hybridized carbons (Fsp3) is 0.333. The molecule has 28 heavy (non-hydrogen) atoms. The Bertz CT molecular complexity index is 807. The van der Waals surface area contributed by atoms with Crippen molar-refractivity contribution in [1.29, 1.82) is 5.26 Å². The Balaban J connectivity index is 1.37. The van der Waals surface area contributed by atoms with Crippen LogP contribution in [0, 0.1) is 11.3 Å². The molecule has 0 atom stereocenters. The second-order valence-electron chi connectivity index (χ2n) is 6.47. The van der Waals surface area contributed by atoms with E-state index in [0.29, 0.717) is 30.9 Å². The average Bonchev–Trinajstić information content (AvgIpc) is 2.75. The first kappa shape index (κ1) is 19.5. The number of methoxy groups -OCH3 is 1. The monoisotopic (exact) mass is 380 g/mol. The molecule has 1 saturated heterocycles. The minimum absolute atomic E-state index is 0.112. The fourth-order valence-corrected chi connectivity index (χ4v) is 2.97. The van der Waals surface area contributed by atoms with Gasteiger partial charge in [-0.3, -0.25) is 4.90 Å². The van der Waals surface area contributed by atoms with E-state index >= 15 is 0 Å². The molecule has 0 bridgehead atoms. The van der Waals surface area contributed by atoms with Crippen molar-refractivity contribution in [2.45, 2.75) is 0 Å². The third-order valence-electron chi connectivity index (χ3n) is 4.66. The predicted molar refractivity (Wildman–Crippen MR) is 107 cm³/mol. The number of piperazine rings is 1. The summed E-state index contributed by atoms with van der Waals surface area (Å²) >= 11 is 0. The molecule has 1 aliphatic heterocycles. The number of carbonyl (C=O) groups excluding carboxylic acids is 1. The van der Waals surface area contributed by atoms with E-state index in [4.69, 9.17) is 14.7 Å². The fourth-order valence-electron chi connectivity index (χ4n) is 2.97. The number of benzene rings is 2. The Morgan fingerprint density at radius 1 is 1.04 bits per heavy atom. The highest BCUT2D eigenvalue weighted by Crippen LogP contribution is 2.17. The molecule has 2 aromatic rings. The third-order valence-corrected chi connectivity index (χ3v) is 4.66. The summed E-state index contributed by atoms with van der Waals surface area (Å²) in [4.78, 5) is 16.5. The van der Waals surface area contributed by atoms with E-state index in [0.717, 1.165) is 31.1 Å². The molecule has 1 heterocycles. The van der Waals surface area contributed by atoms with Gasteiger partial charge in [0, 0.05) is 38.4 Å². The zero-order valence-corrected chi connectivity index (χ0v) is 15.9. The second kappa shape index (κ2) is 9.62. The Labute approximate surface area is 165 Å². The standard InChI is InChI=1S/C21H24N4O3/c1-27-19-6-8-20(9-7-19)28-15-14-24-10-12-25(13-11-24)21(26)23-18-4-2-17(16-22)3-5-18/h2-9H,10-15H2,1H3,(H,23,26). The number of amides is 2. The smallest absolute Gasteiger partial charge is 0.321 e. The maximum Gasteiger partial charge on any atom is 0.321 e. The molecule has 0 unspecified atom stereocenters. The lowest BCUT2D eigenvalue weighted by Gasteiger charge is -2.34. The van der Waals surface area contributed by atoms with Crippen LogP contribution < -0.4 is 14.8 Å². The SMILES string of the molecule is COc1ccc(OCCN2CCN(C(=O)Nc3ccc(C#N)cc3)CC2)cc1. The second-order valence-corrected chi connectivity index (χ2v) is 6.47. The summed E-state index contributed by atoms with van der Waals surface area (Å²) in [6, 6.07) is 16.3. The van der Waals surface area contributed by atoms with Crippen molar-refractivity contribution in [1.82, 2.24) is 9.80 Å². The van der Waals surface area contributed by atoms with Gasteiger partial charge in [-0.05, 0) is 48.5 Å². The first-order chi connectivity index (χ1) is 13.7. The lowest BCUT2D eigenvalue weighted by Crippen LogP contribution is -2.50. The van der Waals surface area contributed by atoms with Gasteiger partial charge in [0.15, 0.2) is 0 Å². The van der Waals surface area contributed by atoms with Gasteiger partial charge in [-0.1, -0.05) is 0 Å². The van der Waals surface area contributed by atoms with Crippen LogP contribution in [0.5, 0.6) is 11.5 Å². The van der Waals surface area contributed by atoms with Crippen molar-refractivity contribution >= 4 is 11.7 Å². The van der Waals surface area contributed by atoms with E-state index in [9.17, 15) is 4.79 Å². The predicted octanol–water partition coefficient (Wildman–Crippen LogP) is 2.80. The zero-order valence-electron chi connectivity index (χ0n) is 15.9. The quantitative estimate of drug-likeness (QED) is 0.834. The van der Waals surface area contributed by atoms with E-state index in [1.807, 2.05) is 24.3 Å². The molecule has 3 rings (SSSR count). The minimum Gasteiger partial charge on any atom is -0.497 e. The van der Waals surface area contributed by atoms with Crippen LogP contribution >= 0.6 is 0 Å². The normalized spacial score (nSPS) is 14.2. The van der Waals surface area contributed by atoms with Gasteiger partial charge in [0.05, 0.1) is 18.7 Å². The minimum atomic E-state index is -0.112. The van der Waals surface area contributed by atoms with E-state index in [1.165, 1.54) is 0 Å². The van der Waals surface area contributed by atoms with Crippen LogP contribution in [0.1, 0.15) is 5.56 Å². The average molecular weight is 380 g/mol. The topological polar surface area (TPSA) is 77.8 Å². The first-order valence-corrected chi connectivity index (χ1v) is 9.23. The lowest BCUT2D eigenvalue weighted by molar-refractivity contribution is 0.132. The number of nitriles is 1. The van der Waals surface area contributed by atoms with Crippen molar-refractivity contribution in [2.24, 2.45) is 0 Å². The van der Waals surface area contributed by atoms with Gasteiger partial charge in [-0.2, -0.15) is 5.26 Å². The number of urea groups is 1. The number of hydrogen-bond donors (Lipinski definition) is 1. The molecule has 0 radical (unpaired) electrons. The number of ether oxygens (including phenoxy) is 2. The first-order valence-electron chi connectivity index (χ1n) is 9.23. The Morgan fingerprint density at radius 2 is 1.68 bits per heavy atom. The van der Waals surface area contributed by atoms with Crippen LogP contribution in [0.4, 0.5) is 10.5 Å². The Morgan fingerprint density at radius 3 is 2.29 bits per heavy atom. The van der Waals surface area contributed by atoms with Gasteiger partial charge in [0.25, 0.3) is 0 Å². The van der Waals surface area contributed by atoms with E-state index in [-0.39, 0.29) is 6.03 Å². The van der Waals surface area contributed by atoms with Crippen molar-refractivity contribution in [2.75, 3.05) is 51.8 Å². The van der Waals surface area contributed by atoms with Crippen molar-refractivity contribution in [3.05, 3.63) is 54.1 Å². The number of hydrogen-bond acceptors (Lipinski definition) is 5. The van der Waals surface area contributed by atoms with Crippen LogP contribution in [0.15, 0.2) is 48.5 Å². The molecule has 146 valence electrons. The van der Waals surface area contributed by atoms with Crippen molar-refractivity contribution in [3.63, 3.8) is 0 Å². The number of anilines is 1. The zero-order chi connectivity index (χ0) is 19.8. The van der Waals surface area contributed by atoms with Gasteiger partial charge in [-0.15, -0.1) is 0 Å². The summed E-state index contributed by atoms with van der Waals surface area (Å²) in [5.41, 5.74) is 1.27. The maximum atomic E-state index is 12.4. The largest absolute Gasteiger partial charge is 0.497 e. The Hall–Kier alpha value is -3.24. The summed E-state index contributed by atoms with van der Waals surface area (Å²) in [5, 5.41) is 11.7. The lowest BCUT2D eigenvalue weighted by atomic mass is 10.2. The van der Waals surface area contributed by atoms with E-state index in [2.05, 4.69) is 16.3 Å². The van der Waals surface area contributed by atoms with Crippen LogP contribution in [0.2, 0.25) is 0 Å². The van der Waals surface area contributed by atoms with Crippen LogP contribution in [-0.2, 0) is 0 Å². The van der Waals surface area contributed by atoms with Crippen LogP contribution in [0.25, 0.3) is 0 Å². The molecule has 7 heteroatoms. The summed E-state index contributed by atoms with van der Waals surface area (Å²) in [7, 11) is 1.64. The molecular weight excluding hydrogens is 356 g/mol. The van der Waals surface area contributed by atoms with Gasteiger partial charge in [0.2, 0.25) is 0 Å². The molecule has 2 amide bonds. The molecule has 1 aliphatic rings. The molecule has 0 spiro atoms. The van der Waals surface area contributed by atoms with Gasteiger partial charge < -0.3 is 19.7 Å². The maximum absolute atomic E-state index is 12.4. The highest BCUT2D eigenvalue weighted by molar-refractivity contribution is 5.89. The number of rotatable bonds is 6. The molecule has 1 N–H and O–H groups in total. The summed E-state index contributed by atoms with van der Waals surface area (Å²) < 4.78 is 10.9.